The molecule has 1 aromatic heterocycles. The van der Waals surface area contributed by atoms with Gasteiger partial charge in [-0.05, 0) is 37.6 Å². The van der Waals surface area contributed by atoms with Crippen LogP contribution in [0.15, 0.2) is 42.4 Å². The molecule has 0 radical (unpaired) electrons. The van der Waals surface area contributed by atoms with Crippen molar-refractivity contribution in [2.45, 2.75) is 45.0 Å². The molecule has 10 heteroatoms. The first-order chi connectivity index (χ1) is 12.9. The normalized spacial score (nSPS) is 18.5. The Hall–Kier alpha value is -2.65. The Morgan fingerprint density at radius 3 is 2.64 bits per heavy atom. The van der Waals surface area contributed by atoms with Crippen molar-refractivity contribution >= 4 is 11.7 Å². The SMILES string of the molecule is CC(=O)Nc1cc(C(C)N2C=C(OCC(F)(F)C(F)(F)F)C=CC2C)ccn1. The Kier molecular flexibility index (Phi) is 6.30. The molecule has 0 aliphatic carbocycles. The minimum Gasteiger partial charge on any atom is -0.485 e. The molecule has 0 saturated carbocycles. The van der Waals surface area contributed by atoms with Gasteiger partial charge in [0.05, 0.1) is 6.04 Å². The Balaban J connectivity index is 2.16. The summed E-state index contributed by atoms with van der Waals surface area (Å²) in [6.45, 7) is 3.20. The molecule has 5 nitrogen and oxygen atoms in total. The molecule has 0 saturated heterocycles. The Bertz CT molecular complexity index is 777. The van der Waals surface area contributed by atoms with E-state index in [0.29, 0.717) is 5.82 Å². The molecule has 2 heterocycles. The van der Waals surface area contributed by atoms with Crippen molar-refractivity contribution < 1.29 is 31.5 Å². The van der Waals surface area contributed by atoms with E-state index in [0.717, 1.165) is 5.56 Å². The first-order valence-electron chi connectivity index (χ1n) is 8.39. The fourth-order valence-corrected chi connectivity index (χ4v) is 2.57. The van der Waals surface area contributed by atoms with Crippen LogP contribution in [0.1, 0.15) is 32.4 Å². The third-order valence-electron chi connectivity index (χ3n) is 4.14. The van der Waals surface area contributed by atoms with Crippen LogP contribution in [0.4, 0.5) is 27.8 Å². The third-order valence-corrected chi connectivity index (χ3v) is 4.14. The summed E-state index contributed by atoms with van der Waals surface area (Å²) in [5.41, 5.74) is 0.761. The van der Waals surface area contributed by atoms with Crippen LogP contribution in [0, 0.1) is 0 Å². The third kappa shape index (κ3) is 5.20. The van der Waals surface area contributed by atoms with Gasteiger partial charge in [-0.3, -0.25) is 4.79 Å². The van der Waals surface area contributed by atoms with Crippen molar-refractivity contribution in [3.05, 3.63) is 48.0 Å². The quantitative estimate of drug-likeness (QED) is 0.712. The van der Waals surface area contributed by atoms with Gasteiger partial charge in [0.25, 0.3) is 0 Å². The molecule has 0 bridgehead atoms. The Morgan fingerprint density at radius 2 is 2.04 bits per heavy atom. The van der Waals surface area contributed by atoms with Gasteiger partial charge in [-0.25, -0.2) is 4.98 Å². The van der Waals surface area contributed by atoms with E-state index in [-0.39, 0.29) is 23.8 Å². The summed E-state index contributed by atoms with van der Waals surface area (Å²) in [6, 6.07) is 2.91. The number of anilines is 1. The number of hydrogen-bond donors (Lipinski definition) is 1. The topological polar surface area (TPSA) is 54.5 Å². The molecule has 2 unspecified atom stereocenters. The van der Waals surface area contributed by atoms with E-state index in [4.69, 9.17) is 4.74 Å². The number of nitrogens with one attached hydrogen (secondary N) is 1. The highest BCUT2D eigenvalue weighted by Crippen LogP contribution is 2.36. The monoisotopic (exact) mass is 405 g/mol. The minimum atomic E-state index is -5.68. The molecule has 0 fully saturated rings. The highest BCUT2D eigenvalue weighted by molar-refractivity contribution is 5.87. The standard InChI is InChI=1S/C18H20F5N3O2/c1-11-4-5-15(28-10-17(19,20)18(21,22)23)9-26(11)12(2)14-6-7-24-16(8-14)25-13(3)27/h4-9,11-12H,10H2,1-3H3,(H,24,25,27). The van der Waals surface area contributed by atoms with E-state index in [9.17, 15) is 26.7 Å². The number of rotatable bonds is 6. The molecule has 154 valence electrons. The average molecular weight is 405 g/mol. The van der Waals surface area contributed by atoms with Gasteiger partial charge >= 0.3 is 12.1 Å². The van der Waals surface area contributed by atoms with Crippen LogP contribution >= 0.6 is 0 Å². The molecule has 28 heavy (non-hydrogen) atoms. The Labute approximate surface area is 158 Å². The van der Waals surface area contributed by atoms with Crippen molar-refractivity contribution in [2.75, 3.05) is 11.9 Å². The zero-order valence-corrected chi connectivity index (χ0v) is 15.4. The predicted octanol–water partition coefficient (Wildman–Crippen LogP) is 4.42. The molecule has 1 aliphatic rings. The number of hydrogen-bond acceptors (Lipinski definition) is 4. The highest BCUT2D eigenvalue weighted by Gasteiger charge is 2.58. The molecule has 1 amide bonds. The van der Waals surface area contributed by atoms with Crippen molar-refractivity contribution in [1.82, 2.24) is 9.88 Å². The van der Waals surface area contributed by atoms with Gasteiger partial charge in [0, 0.05) is 25.4 Å². The fraction of sp³-hybridized carbons (Fsp3) is 0.444. The summed E-state index contributed by atoms with van der Waals surface area (Å²) in [7, 11) is 0. The number of halogens is 5. The van der Waals surface area contributed by atoms with Gasteiger partial charge in [0.1, 0.15) is 11.6 Å². The maximum Gasteiger partial charge on any atom is 0.456 e. The van der Waals surface area contributed by atoms with Gasteiger partial charge in [-0.15, -0.1) is 0 Å². The van der Waals surface area contributed by atoms with E-state index in [1.54, 1.807) is 23.1 Å². The van der Waals surface area contributed by atoms with Crippen LogP contribution in [0.3, 0.4) is 0 Å². The van der Waals surface area contributed by atoms with E-state index in [1.165, 1.54) is 25.4 Å². The fourth-order valence-electron chi connectivity index (χ4n) is 2.57. The lowest BCUT2D eigenvalue weighted by Gasteiger charge is -2.35. The zero-order valence-electron chi connectivity index (χ0n) is 15.4. The largest absolute Gasteiger partial charge is 0.485 e. The van der Waals surface area contributed by atoms with Gasteiger partial charge in [0.2, 0.25) is 5.91 Å². The second kappa shape index (κ2) is 8.15. The van der Waals surface area contributed by atoms with Crippen molar-refractivity contribution in [3.8, 4) is 0 Å². The van der Waals surface area contributed by atoms with E-state index < -0.39 is 18.7 Å². The van der Waals surface area contributed by atoms with E-state index in [2.05, 4.69) is 10.3 Å². The number of ether oxygens (including phenoxy) is 1. The summed E-state index contributed by atoms with van der Waals surface area (Å²) < 4.78 is 67.7. The maximum absolute atomic E-state index is 13.1. The highest BCUT2D eigenvalue weighted by atomic mass is 19.4. The zero-order chi connectivity index (χ0) is 21.1. The number of aromatic nitrogens is 1. The molecule has 1 aromatic rings. The number of carbonyl (C=O) groups is 1. The smallest absolute Gasteiger partial charge is 0.456 e. The Morgan fingerprint density at radius 1 is 1.36 bits per heavy atom. The first-order valence-corrected chi connectivity index (χ1v) is 8.39. The number of pyridine rings is 1. The summed E-state index contributed by atoms with van der Waals surface area (Å²) in [5.74, 6) is -4.99. The van der Waals surface area contributed by atoms with Gasteiger partial charge in [0.15, 0.2) is 6.61 Å². The van der Waals surface area contributed by atoms with Crippen molar-refractivity contribution in [2.24, 2.45) is 0 Å². The summed E-state index contributed by atoms with van der Waals surface area (Å²) in [5, 5.41) is 2.56. The molecule has 2 rings (SSSR count). The van der Waals surface area contributed by atoms with Gasteiger partial charge in [-0.1, -0.05) is 6.08 Å². The van der Waals surface area contributed by atoms with Crippen LogP contribution in [0.5, 0.6) is 0 Å². The van der Waals surface area contributed by atoms with Crippen LogP contribution in [0.2, 0.25) is 0 Å². The number of alkyl halides is 5. The minimum absolute atomic E-state index is 0.106. The lowest BCUT2D eigenvalue weighted by molar-refractivity contribution is -0.293. The molecule has 0 aromatic carbocycles. The molecular weight excluding hydrogens is 385 g/mol. The van der Waals surface area contributed by atoms with Gasteiger partial charge < -0.3 is 15.0 Å². The summed E-state index contributed by atoms with van der Waals surface area (Å²) in [4.78, 5) is 16.9. The lowest BCUT2D eigenvalue weighted by Crippen LogP contribution is -2.41. The molecule has 2 atom stereocenters. The molecule has 0 spiro atoms. The van der Waals surface area contributed by atoms with Crippen LogP contribution < -0.4 is 5.32 Å². The molecular formula is C18H20F5N3O2. The summed E-state index contributed by atoms with van der Waals surface area (Å²) >= 11 is 0. The van der Waals surface area contributed by atoms with E-state index in [1.807, 2.05) is 13.8 Å². The molecule has 1 N–H and O–H groups in total. The average Bonchev–Trinajstić information content (AvgIpc) is 2.59. The number of amides is 1. The van der Waals surface area contributed by atoms with Crippen LogP contribution in [-0.4, -0.2) is 40.5 Å². The second-order valence-corrected chi connectivity index (χ2v) is 6.40. The van der Waals surface area contributed by atoms with Crippen LogP contribution in [-0.2, 0) is 9.53 Å². The first kappa shape index (κ1) is 21.6. The number of carbonyl (C=O) groups excluding carboxylic acids is 1. The van der Waals surface area contributed by atoms with Crippen LogP contribution in [0.25, 0.3) is 0 Å². The van der Waals surface area contributed by atoms with Gasteiger partial charge in [-0.2, -0.15) is 22.0 Å². The molecule has 1 aliphatic heterocycles. The number of allylic oxidation sites excluding steroid dienone is 1. The predicted molar refractivity (Wildman–Crippen MR) is 92.4 cm³/mol. The second-order valence-electron chi connectivity index (χ2n) is 6.40. The van der Waals surface area contributed by atoms with Crippen molar-refractivity contribution in [1.29, 1.82) is 0 Å². The van der Waals surface area contributed by atoms with Crippen molar-refractivity contribution in [3.63, 3.8) is 0 Å². The lowest BCUT2D eigenvalue weighted by atomic mass is 10.0. The number of nitrogens with zero attached hydrogens (tertiary/aromatic N) is 2. The maximum atomic E-state index is 13.1. The summed E-state index contributed by atoms with van der Waals surface area (Å²) in [6.07, 6.45) is 0.208. The van der Waals surface area contributed by atoms with E-state index >= 15 is 0 Å².